The summed E-state index contributed by atoms with van der Waals surface area (Å²) in [5, 5.41) is 10.4. The second-order valence-corrected chi connectivity index (χ2v) is 7.15. The van der Waals surface area contributed by atoms with Crippen LogP contribution in [-0.4, -0.2) is 66.4 Å². The minimum atomic E-state index is -0.314. The number of hydrogen-bond acceptors (Lipinski definition) is 4. The molecule has 4 nitrogen and oxygen atoms in total. The molecule has 2 heterocycles. The number of halogens is 1. The van der Waals surface area contributed by atoms with E-state index in [-0.39, 0.29) is 18.0 Å². The fourth-order valence-corrected chi connectivity index (χ4v) is 3.99. The lowest BCUT2D eigenvalue weighted by molar-refractivity contribution is -0.00618. The first-order valence-electron chi connectivity index (χ1n) is 9.27. The van der Waals surface area contributed by atoms with Gasteiger partial charge in [-0.2, -0.15) is 0 Å². The average molecular weight is 356 g/mol. The van der Waals surface area contributed by atoms with E-state index in [0.717, 1.165) is 45.0 Å². The van der Waals surface area contributed by atoms with Crippen LogP contribution in [0.5, 0.6) is 0 Å². The zero-order chi connectivity index (χ0) is 17.9. The highest BCUT2D eigenvalue weighted by Crippen LogP contribution is 2.24. The molecule has 0 aliphatic carbocycles. The van der Waals surface area contributed by atoms with Crippen molar-refractivity contribution in [3.8, 4) is 11.1 Å². The first-order chi connectivity index (χ1) is 12.7. The lowest BCUT2D eigenvalue weighted by Crippen LogP contribution is -2.48. The van der Waals surface area contributed by atoms with Crippen LogP contribution in [0.3, 0.4) is 0 Å². The summed E-state index contributed by atoms with van der Waals surface area (Å²) in [5.74, 6) is -0.198. The topological polar surface area (TPSA) is 35.9 Å². The third-order valence-corrected chi connectivity index (χ3v) is 5.39. The maximum absolute atomic E-state index is 13.9. The van der Waals surface area contributed by atoms with Crippen molar-refractivity contribution in [3.05, 3.63) is 59.9 Å². The first kappa shape index (κ1) is 17.6. The monoisotopic (exact) mass is 356 g/mol. The Hall–Kier alpha value is -1.79. The Morgan fingerprint density at radius 3 is 2.46 bits per heavy atom. The zero-order valence-electron chi connectivity index (χ0n) is 14.9. The van der Waals surface area contributed by atoms with Crippen LogP contribution in [0.4, 0.5) is 4.39 Å². The number of hydrogen-bond donors (Lipinski definition) is 1. The van der Waals surface area contributed by atoms with Crippen LogP contribution in [0, 0.1) is 5.82 Å². The molecule has 0 unspecified atom stereocenters. The van der Waals surface area contributed by atoms with Crippen molar-refractivity contribution < 1.29 is 14.2 Å². The molecule has 2 aliphatic heterocycles. The van der Waals surface area contributed by atoms with E-state index in [0.29, 0.717) is 12.1 Å². The van der Waals surface area contributed by atoms with Gasteiger partial charge in [0, 0.05) is 44.3 Å². The van der Waals surface area contributed by atoms with E-state index < -0.39 is 0 Å². The number of rotatable bonds is 4. The molecule has 2 saturated heterocycles. The fourth-order valence-electron chi connectivity index (χ4n) is 3.99. The van der Waals surface area contributed by atoms with Crippen molar-refractivity contribution in [1.82, 2.24) is 9.80 Å². The first-order valence-corrected chi connectivity index (χ1v) is 9.27. The molecule has 4 rings (SSSR count). The van der Waals surface area contributed by atoms with Crippen LogP contribution in [0.2, 0.25) is 0 Å². The van der Waals surface area contributed by atoms with Gasteiger partial charge in [0.15, 0.2) is 0 Å². The van der Waals surface area contributed by atoms with E-state index >= 15 is 0 Å². The van der Waals surface area contributed by atoms with Gasteiger partial charge in [-0.1, -0.05) is 42.5 Å². The van der Waals surface area contributed by atoms with Gasteiger partial charge in [0.1, 0.15) is 5.82 Å². The summed E-state index contributed by atoms with van der Waals surface area (Å²) in [7, 11) is 0. The van der Waals surface area contributed by atoms with Crippen LogP contribution in [0.1, 0.15) is 5.56 Å². The van der Waals surface area contributed by atoms with E-state index in [1.54, 1.807) is 12.1 Å². The van der Waals surface area contributed by atoms with Crippen molar-refractivity contribution in [2.75, 3.05) is 39.4 Å². The number of aliphatic hydroxyl groups excluding tert-OH is 1. The molecule has 138 valence electrons. The Morgan fingerprint density at radius 1 is 1.00 bits per heavy atom. The lowest BCUT2D eigenvalue weighted by Gasteiger charge is -2.33. The summed E-state index contributed by atoms with van der Waals surface area (Å²) >= 11 is 0. The Kier molecular flexibility index (Phi) is 5.31. The third-order valence-electron chi connectivity index (χ3n) is 5.39. The maximum atomic E-state index is 13.9. The summed E-state index contributed by atoms with van der Waals surface area (Å²) < 4.78 is 19.3. The maximum Gasteiger partial charge on any atom is 0.131 e. The lowest BCUT2D eigenvalue weighted by atomic mass is 10.0. The molecule has 0 bridgehead atoms. The zero-order valence-corrected chi connectivity index (χ0v) is 14.9. The van der Waals surface area contributed by atoms with E-state index in [2.05, 4.69) is 21.9 Å². The minimum absolute atomic E-state index is 0.191. The van der Waals surface area contributed by atoms with Crippen LogP contribution >= 0.6 is 0 Å². The van der Waals surface area contributed by atoms with Gasteiger partial charge in [-0.25, -0.2) is 4.39 Å². The highest BCUT2D eigenvalue weighted by atomic mass is 19.1. The van der Waals surface area contributed by atoms with E-state index in [1.165, 1.54) is 11.6 Å². The van der Waals surface area contributed by atoms with Crippen LogP contribution in [0.25, 0.3) is 11.1 Å². The molecule has 2 atom stereocenters. The SMILES string of the molecule is O[C@H]1CN(Cc2ccc(-c3ccccc3F)cc2)C[C@@H]1N1CCOCC1. The quantitative estimate of drug-likeness (QED) is 0.912. The molecule has 5 heteroatoms. The van der Waals surface area contributed by atoms with Crippen molar-refractivity contribution in [2.45, 2.75) is 18.7 Å². The van der Waals surface area contributed by atoms with Crippen LogP contribution in [0.15, 0.2) is 48.5 Å². The molecule has 2 aromatic carbocycles. The van der Waals surface area contributed by atoms with Gasteiger partial charge in [-0.05, 0) is 17.2 Å². The second kappa shape index (κ2) is 7.84. The minimum Gasteiger partial charge on any atom is -0.390 e. The van der Waals surface area contributed by atoms with E-state index in [4.69, 9.17) is 4.74 Å². The van der Waals surface area contributed by atoms with Gasteiger partial charge in [-0.15, -0.1) is 0 Å². The van der Waals surface area contributed by atoms with Crippen molar-refractivity contribution in [2.24, 2.45) is 0 Å². The Bertz CT molecular complexity index is 731. The number of benzene rings is 2. The largest absolute Gasteiger partial charge is 0.390 e. The van der Waals surface area contributed by atoms with Gasteiger partial charge in [0.25, 0.3) is 0 Å². The normalized spacial score (nSPS) is 24.8. The molecule has 2 aromatic rings. The molecule has 0 radical (unpaired) electrons. The van der Waals surface area contributed by atoms with Gasteiger partial charge in [0.05, 0.1) is 19.3 Å². The van der Waals surface area contributed by atoms with Gasteiger partial charge >= 0.3 is 0 Å². The summed E-state index contributed by atoms with van der Waals surface area (Å²) in [6.45, 7) is 5.66. The van der Waals surface area contributed by atoms with Gasteiger partial charge < -0.3 is 9.84 Å². The van der Waals surface area contributed by atoms with E-state index in [9.17, 15) is 9.50 Å². The highest BCUT2D eigenvalue weighted by molar-refractivity contribution is 5.64. The highest BCUT2D eigenvalue weighted by Gasteiger charge is 2.35. The predicted molar refractivity (Wildman–Crippen MR) is 99.3 cm³/mol. The Morgan fingerprint density at radius 2 is 1.73 bits per heavy atom. The Balaban J connectivity index is 1.39. The number of morpholine rings is 1. The van der Waals surface area contributed by atoms with Crippen LogP contribution in [-0.2, 0) is 11.3 Å². The summed E-state index contributed by atoms with van der Waals surface area (Å²) in [4.78, 5) is 4.64. The van der Waals surface area contributed by atoms with Crippen molar-refractivity contribution in [1.29, 1.82) is 0 Å². The van der Waals surface area contributed by atoms with Crippen molar-refractivity contribution in [3.63, 3.8) is 0 Å². The number of β-amino-alcohol motifs (C(OH)–C–C–N with tert-alkyl or cyclic N) is 1. The summed E-state index contributed by atoms with van der Waals surface area (Å²) in [6.07, 6.45) is -0.314. The summed E-state index contributed by atoms with van der Waals surface area (Å²) in [6, 6.07) is 15.1. The molecular weight excluding hydrogens is 331 g/mol. The second-order valence-electron chi connectivity index (χ2n) is 7.15. The van der Waals surface area contributed by atoms with Crippen LogP contribution < -0.4 is 0 Å². The molecule has 0 aromatic heterocycles. The molecule has 26 heavy (non-hydrogen) atoms. The molecule has 0 spiro atoms. The third kappa shape index (κ3) is 3.81. The van der Waals surface area contributed by atoms with E-state index in [1.807, 2.05) is 18.2 Å². The number of aliphatic hydroxyl groups is 1. The molecule has 2 fully saturated rings. The molecular formula is C21H25FN2O2. The fraction of sp³-hybridized carbons (Fsp3) is 0.429. The predicted octanol–water partition coefficient (Wildman–Crippen LogP) is 2.37. The molecule has 0 saturated carbocycles. The molecule has 2 aliphatic rings. The smallest absolute Gasteiger partial charge is 0.131 e. The summed E-state index contributed by atoms with van der Waals surface area (Å²) in [5.41, 5.74) is 2.70. The number of nitrogens with zero attached hydrogens (tertiary/aromatic N) is 2. The van der Waals surface area contributed by atoms with Gasteiger partial charge in [0.2, 0.25) is 0 Å². The number of likely N-dealkylation sites (tertiary alicyclic amines) is 1. The number of ether oxygens (including phenoxy) is 1. The molecule has 0 amide bonds. The van der Waals surface area contributed by atoms with Gasteiger partial charge in [-0.3, -0.25) is 9.80 Å². The Labute approximate surface area is 153 Å². The van der Waals surface area contributed by atoms with Crippen molar-refractivity contribution >= 4 is 0 Å². The standard InChI is InChI=1S/C21H25FN2O2/c22-19-4-2-1-3-18(19)17-7-5-16(6-8-17)13-23-14-20(21(25)15-23)24-9-11-26-12-10-24/h1-8,20-21,25H,9-15H2/t20-,21-/m0/s1. The average Bonchev–Trinajstić information content (AvgIpc) is 3.04. The molecule has 1 N–H and O–H groups in total.